The van der Waals surface area contributed by atoms with Crippen molar-refractivity contribution in [1.82, 2.24) is 5.32 Å². The molecule has 1 aromatic rings. The van der Waals surface area contributed by atoms with Crippen LogP contribution in [0.2, 0.25) is 10.0 Å². The zero-order valence-corrected chi connectivity index (χ0v) is 9.10. The average molecular weight is 244 g/mol. The fourth-order valence-corrected chi connectivity index (χ4v) is 2.29. The van der Waals surface area contributed by atoms with Gasteiger partial charge in [-0.3, -0.25) is 14.9 Å². The monoisotopic (exact) mass is 243 g/mol. The highest BCUT2D eigenvalue weighted by molar-refractivity contribution is 6.36. The Hall–Kier alpha value is -1.06. The van der Waals surface area contributed by atoms with Crippen molar-refractivity contribution in [2.45, 2.75) is 12.3 Å². The normalized spacial score (nSPS) is 20.5. The highest BCUT2D eigenvalue weighted by Gasteiger charge is 2.34. The summed E-state index contributed by atoms with van der Waals surface area (Å²) in [5.41, 5.74) is 0.532. The van der Waals surface area contributed by atoms with Crippen LogP contribution in [-0.4, -0.2) is 11.8 Å². The minimum absolute atomic E-state index is 0.113. The van der Waals surface area contributed by atoms with Crippen molar-refractivity contribution in [3.8, 4) is 0 Å². The lowest BCUT2D eigenvalue weighted by Crippen LogP contribution is -2.21. The molecule has 1 aliphatic rings. The Kier molecular flexibility index (Phi) is 2.67. The fraction of sp³-hybridized carbons (Fsp3) is 0.200. The number of amides is 2. The van der Waals surface area contributed by atoms with Gasteiger partial charge >= 0.3 is 0 Å². The second kappa shape index (κ2) is 3.83. The van der Waals surface area contributed by atoms with Gasteiger partial charge in [-0.1, -0.05) is 29.3 Å². The molecule has 0 aliphatic carbocycles. The standard InChI is InChI=1S/C10H7Cl2NO2/c11-6-2-1-3-7(12)9(6)5-4-8(14)13-10(5)15/h1-3,5H,4H2,(H,13,14,15). The summed E-state index contributed by atoms with van der Waals surface area (Å²) in [4.78, 5) is 22.5. The topological polar surface area (TPSA) is 46.2 Å². The zero-order valence-electron chi connectivity index (χ0n) is 7.59. The first kappa shape index (κ1) is 10.5. The third-order valence-corrected chi connectivity index (χ3v) is 2.98. The molecular formula is C10H7Cl2NO2. The molecule has 1 atom stereocenters. The molecule has 0 aromatic heterocycles. The Balaban J connectivity index is 2.46. The summed E-state index contributed by atoms with van der Waals surface area (Å²) in [6.45, 7) is 0. The summed E-state index contributed by atoms with van der Waals surface area (Å²) in [5, 5.41) is 3.05. The van der Waals surface area contributed by atoms with Crippen LogP contribution in [0, 0.1) is 0 Å². The summed E-state index contributed by atoms with van der Waals surface area (Å²) >= 11 is 11.9. The Bertz CT molecular complexity index is 425. The highest BCUT2D eigenvalue weighted by Crippen LogP contribution is 2.35. The molecule has 0 radical (unpaired) electrons. The third-order valence-electron chi connectivity index (χ3n) is 2.32. The molecule has 1 N–H and O–H groups in total. The summed E-state index contributed by atoms with van der Waals surface area (Å²) in [5.74, 6) is -1.19. The molecule has 1 fully saturated rings. The predicted octanol–water partition coefficient (Wildman–Crippen LogP) is 2.12. The summed E-state index contributed by atoms with van der Waals surface area (Å²) in [7, 11) is 0. The average Bonchev–Trinajstić information content (AvgIpc) is 2.45. The van der Waals surface area contributed by atoms with Gasteiger partial charge in [-0.2, -0.15) is 0 Å². The quantitative estimate of drug-likeness (QED) is 0.769. The Morgan fingerprint density at radius 3 is 2.27 bits per heavy atom. The molecule has 5 heteroatoms. The second-order valence-corrected chi connectivity index (χ2v) is 4.12. The molecule has 1 heterocycles. The molecule has 1 unspecified atom stereocenters. The Morgan fingerprint density at radius 2 is 1.80 bits per heavy atom. The third kappa shape index (κ3) is 1.85. The molecule has 15 heavy (non-hydrogen) atoms. The van der Waals surface area contributed by atoms with Crippen molar-refractivity contribution in [2.75, 3.05) is 0 Å². The van der Waals surface area contributed by atoms with Gasteiger partial charge in [-0.15, -0.1) is 0 Å². The van der Waals surface area contributed by atoms with Crippen molar-refractivity contribution < 1.29 is 9.59 Å². The molecule has 0 saturated carbocycles. The van der Waals surface area contributed by atoms with Gasteiger partial charge in [-0.25, -0.2) is 0 Å². The molecule has 2 rings (SSSR count). The molecular weight excluding hydrogens is 237 g/mol. The molecule has 1 aliphatic heterocycles. The van der Waals surface area contributed by atoms with Crippen molar-refractivity contribution in [3.63, 3.8) is 0 Å². The number of benzene rings is 1. The van der Waals surface area contributed by atoms with E-state index in [9.17, 15) is 9.59 Å². The van der Waals surface area contributed by atoms with E-state index < -0.39 is 5.92 Å². The molecule has 3 nitrogen and oxygen atoms in total. The van der Waals surface area contributed by atoms with Crippen LogP contribution in [0.4, 0.5) is 0 Å². The number of nitrogens with one attached hydrogen (secondary N) is 1. The smallest absolute Gasteiger partial charge is 0.234 e. The van der Waals surface area contributed by atoms with E-state index >= 15 is 0 Å². The van der Waals surface area contributed by atoms with E-state index in [2.05, 4.69) is 5.32 Å². The summed E-state index contributed by atoms with van der Waals surface area (Å²) in [6, 6.07) is 5.00. The zero-order chi connectivity index (χ0) is 11.0. The first-order valence-corrected chi connectivity index (χ1v) is 5.13. The number of hydrogen-bond donors (Lipinski definition) is 1. The lowest BCUT2D eigenvalue weighted by Gasteiger charge is -2.10. The number of imide groups is 1. The first-order chi connectivity index (χ1) is 7.09. The SMILES string of the molecule is O=C1CC(c2c(Cl)cccc2Cl)C(=O)N1. The molecule has 0 bridgehead atoms. The second-order valence-electron chi connectivity index (χ2n) is 3.30. The van der Waals surface area contributed by atoms with E-state index in [4.69, 9.17) is 23.2 Å². The van der Waals surface area contributed by atoms with Crippen molar-refractivity contribution in [2.24, 2.45) is 0 Å². The highest BCUT2D eigenvalue weighted by atomic mass is 35.5. The first-order valence-electron chi connectivity index (χ1n) is 4.37. The number of hydrogen-bond acceptors (Lipinski definition) is 2. The largest absolute Gasteiger partial charge is 0.296 e. The number of halogens is 2. The van der Waals surface area contributed by atoms with Crippen LogP contribution in [0.1, 0.15) is 17.9 Å². The van der Waals surface area contributed by atoms with Crippen LogP contribution in [0.15, 0.2) is 18.2 Å². The van der Waals surface area contributed by atoms with E-state index in [-0.39, 0.29) is 18.2 Å². The van der Waals surface area contributed by atoms with Gasteiger partial charge in [0.25, 0.3) is 0 Å². The lowest BCUT2D eigenvalue weighted by atomic mass is 9.97. The van der Waals surface area contributed by atoms with Gasteiger partial charge in [0.2, 0.25) is 11.8 Å². The Labute approximate surface area is 96.4 Å². The number of carbonyl (C=O) groups excluding carboxylic acids is 2. The van der Waals surface area contributed by atoms with E-state index in [1.54, 1.807) is 18.2 Å². The van der Waals surface area contributed by atoms with Crippen molar-refractivity contribution in [1.29, 1.82) is 0 Å². The van der Waals surface area contributed by atoms with Crippen LogP contribution in [0.25, 0.3) is 0 Å². The predicted molar refractivity (Wildman–Crippen MR) is 57.0 cm³/mol. The van der Waals surface area contributed by atoms with Gasteiger partial charge in [0.05, 0.1) is 5.92 Å². The van der Waals surface area contributed by atoms with Crippen LogP contribution in [0.5, 0.6) is 0 Å². The van der Waals surface area contributed by atoms with Crippen LogP contribution in [0.3, 0.4) is 0 Å². The molecule has 1 aromatic carbocycles. The van der Waals surface area contributed by atoms with Crippen LogP contribution >= 0.6 is 23.2 Å². The van der Waals surface area contributed by atoms with Gasteiger partial charge in [-0.05, 0) is 12.1 Å². The van der Waals surface area contributed by atoms with Gasteiger partial charge < -0.3 is 0 Å². The van der Waals surface area contributed by atoms with Gasteiger partial charge in [0.1, 0.15) is 0 Å². The maximum Gasteiger partial charge on any atom is 0.234 e. The van der Waals surface area contributed by atoms with Crippen molar-refractivity contribution in [3.05, 3.63) is 33.8 Å². The number of rotatable bonds is 1. The minimum Gasteiger partial charge on any atom is -0.296 e. The molecule has 0 spiro atoms. The van der Waals surface area contributed by atoms with E-state index in [1.165, 1.54) is 0 Å². The van der Waals surface area contributed by atoms with E-state index in [0.29, 0.717) is 15.6 Å². The number of carbonyl (C=O) groups is 2. The van der Waals surface area contributed by atoms with Gasteiger partial charge in [0.15, 0.2) is 0 Å². The van der Waals surface area contributed by atoms with E-state index in [1.807, 2.05) is 0 Å². The van der Waals surface area contributed by atoms with Crippen LogP contribution in [-0.2, 0) is 9.59 Å². The van der Waals surface area contributed by atoms with E-state index in [0.717, 1.165) is 0 Å². The maximum absolute atomic E-state index is 11.4. The molecule has 78 valence electrons. The summed E-state index contributed by atoms with van der Waals surface area (Å²) < 4.78 is 0. The fourth-order valence-electron chi connectivity index (χ4n) is 1.63. The van der Waals surface area contributed by atoms with Gasteiger partial charge in [0, 0.05) is 22.0 Å². The summed E-state index contributed by atoms with van der Waals surface area (Å²) in [6.07, 6.45) is 0.113. The minimum atomic E-state index is -0.557. The maximum atomic E-state index is 11.4. The lowest BCUT2D eigenvalue weighted by molar-refractivity contribution is -0.125. The van der Waals surface area contributed by atoms with Crippen LogP contribution < -0.4 is 5.32 Å². The molecule has 1 saturated heterocycles. The van der Waals surface area contributed by atoms with Crippen molar-refractivity contribution >= 4 is 35.0 Å². The molecule has 2 amide bonds. The Morgan fingerprint density at radius 1 is 1.20 bits per heavy atom.